The maximum atomic E-state index is 13.2. The van der Waals surface area contributed by atoms with Crippen LogP contribution in [-0.2, 0) is 28.4 Å². The zero-order valence-electron chi connectivity index (χ0n) is 22.2. The molecule has 38 heavy (non-hydrogen) atoms. The Balaban J connectivity index is 1.53. The molecule has 8 nitrogen and oxygen atoms in total. The molecule has 0 amide bonds. The third-order valence-corrected chi connectivity index (χ3v) is 6.33. The van der Waals surface area contributed by atoms with Gasteiger partial charge in [0.25, 0.3) is 0 Å². The summed E-state index contributed by atoms with van der Waals surface area (Å²) in [5.74, 6) is -2.94. The van der Waals surface area contributed by atoms with E-state index in [4.69, 9.17) is 28.4 Å². The summed E-state index contributed by atoms with van der Waals surface area (Å²) in [6, 6.07) is 13.8. The summed E-state index contributed by atoms with van der Waals surface area (Å²) in [4.78, 5) is 25.9. The van der Waals surface area contributed by atoms with E-state index >= 15 is 0 Å². The summed E-state index contributed by atoms with van der Waals surface area (Å²) in [6.07, 6.45) is 0.329. The lowest BCUT2D eigenvalue weighted by atomic mass is 10.0. The van der Waals surface area contributed by atoms with Crippen LogP contribution in [0.15, 0.2) is 61.7 Å². The predicted octanol–water partition coefficient (Wildman–Crippen LogP) is 5.03. The maximum absolute atomic E-state index is 13.2. The van der Waals surface area contributed by atoms with Gasteiger partial charge in [-0.3, -0.25) is 0 Å². The molecule has 4 rings (SSSR count). The summed E-state index contributed by atoms with van der Waals surface area (Å²) < 4.78 is 35.7. The van der Waals surface area contributed by atoms with Crippen LogP contribution in [0.5, 0.6) is 0 Å². The lowest BCUT2D eigenvalue weighted by Crippen LogP contribution is -2.49. The Hall–Kier alpha value is -3.30. The van der Waals surface area contributed by atoms with E-state index < -0.39 is 47.9 Å². The van der Waals surface area contributed by atoms with Crippen molar-refractivity contribution in [2.24, 2.45) is 0 Å². The van der Waals surface area contributed by atoms with E-state index in [0.717, 1.165) is 11.1 Å². The molecule has 2 aliphatic heterocycles. The average Bonchev–Trinajstić information content (AvgIpc) is 3.42. The van der Waals surface area contributed by atoms with Crippen molar-refractivity contribution < 1.29 is 38.0 Å². The van der Waals surface area contributed by atoms with Crippen LogP contribution in [0.25, 0.3) is 12.2 Å². The van der Waals surface area contributed by atoms with E-state index in [-0.39, 0.29) is 13.2 Å². The van der Waals surface area contributed by atoms with Crippen molar-refractivity contribution in [3.8, 4) is 0 Å². The van der Waals surface area contributed by atoms with Gasteiger partial charge in [-0.15, -0.1) is 0 Å². The molecular weight excluding hydrogens is 488 g/mol. The van der Waals surface area contributed by atoms with Gasteiger partial charge < -0.3 is 28.4 Å². The van der Waals surface area contributed by atoms with Crippen LogP contribution in [0.2, 0.25) is 0 Å². The summed E-state index contributed by atoms with van der Waals surface area (Å²) in [6.45, 7) is 14.6. The highest BCUT2D eigenvalue weighted by Crippen LogP contribution is 2.36. The largest absolute Gasteiger partial charge is 0.459 e. The van der Waals surface area contributed by atoms with Crippen LogP contribution < -0.4 is 0 Å². The summed E-state index contributed by atoms with van der Waals surface area (Å²) in [5, 5.41) is 0. The van der Waals surface area contributed by atoms with E-state index in [9.17, 15) is 9.59 Å². The molecule has 2 fully saturated rings. The van der Waals surface area contributed by atoms with Crippen LogP contribution in [0.3, 0.4) is 0 Å². The topological polar surface area (TPSA) is 89.5 Å². The third kappa shape index (κ3) is 6.57. The van der Waals surface area contributed by atoms with E-state index in [1.807, 2.05) is 0 Å². The van der Waals surface area contributed by atoms with Gasteiger partial charge in [-0.1, -0.05) is 49.6 Å². The lowest BCUT2D eigenvalue weighted by Gasteiger charge is -2.30. The first-order valence-corrected chi connectivity index (χ1v) is 12.5. The summed E-state index contributed by atoms with van der Waals surface area (Å²) >= 11 is 0. The van der Waals surface area contributed by atoms with Gasteiger partial charge >= 0.3 is 11.9 Å². The van der Waals surface area contributed by atoms with Crippen LogP contribution in [-0.4, -0.2) is 61.1 Å². The molecule has 0 aromatic heterocycles. The monoisotopic (exact) mass is 522 g/mol. The van der Waals surface area contributed by atoms with Crippen LogP contribution >= 0.6 is 0 Å². The number of hydrogen-bond acceptors (Lipinski definition) is 8. The average molecular weight is 523 g/mol. The highest BCUT2D eigenvalue weighted by atomic mass is 16.8. The number of carbonyl (C=O) groups is 2. The molecular formula is C30H34O8. The zero-order chi connectivity index (χ0) is 27.5. The van der Waals surface area contributed by atoms with Gasteiger partial charge in [-0.25, -0.2) is 9.59 Å². The Morgan fingerprint density at radius 3 is 1.92 bits per heavy atom. The Kier molecular flexibility index (Phi) is 8.18. The molecule has 2 aromatic rings. The molecule has 0 bridgehead atoms. The van der Waals surface area contributed by atoms with Crippen LogP contribution in [0.4, 0.5) is 0 Å². The molecule has 202 valence electrons. The Bertz CT molecular complexity index is 1170. The highest BCUT2D eigenvalue weighted by molar-refractivity contribution is 5.90. The highest BCUT2D eigenvalue weighted by Gasteiger charge is 2.52. The molecule has 0 saturated carbocycles. The fourth-order valence-corrected chi connectivity index (χ4v) is 4.45. The maximum Gasteiger partial charge on any atom is 0.338 e. The number of benzene rings is 2. The molecule has 0 N–H and O–H groups in total. The molecule has 0 spiro atoms. The van der Waals surface area contributed by atoms with Crippen molar-refractivity contribution in [1.29, 1.82) is 0 Å². The standard InChI is InChI=1S/C30H34O8/c1-7-19-9-13-21(14-10-19)27(31)33-17-23-26(38-30(5,6)37-23)25(24-18-34-29(3,4)36-24)35-28(32)22-15-11-20(8-2)12-16-22/h7-16,23-26H,1-2,17-18H2,3-6H3/t23-,24-,25-,26-/m1/s1. The minimum absolute atomic E-state index is 0.116. The van der Waals surface area contributed by atoms with Gasteiger partial charge in [0.05, 0.1) is 17.7 Å². The Labute approximate surface area is 223 Å². The van der Waals surface area contributed by atoms with Gasteiger partial charge in [0.1, 0.15) is 24.9 Å². The van der Waals surface area contributed by atoms with E-state index in [1.165, 1.54) is 0 Å². The molecule has 0 unspecified atom stereocenters. The Morgan fingerprint density at radius 1 is 0.868 bits per heavy atom. The predicted molar refractivity (Wildman–Crippen MR) is 141 cm³/mol. The first-order chi connectivity index (χ1) is 18.0. The second-order valence-corrected chi connectivity index (χ2v) is 10.1. The minimum Gasteiger partial charge on any atom is -0.459 e. The van der Waals surface area contributed by atoms with E-state index in [2.05, 4.69) is 13.2 Å². The second kappa shape index (κ2) is 11.2. The number of esters is 2. The van der Waals surface area contributed by atoms with Crippen molar-refractivity contribution in [1.82, 2.24) is 0 Å². The SMILES string of the molecule is C=Cc1ccc(C(=O)OC[C@H]2OC(C)(C)O[C@H]2[C@H](OC(=O)c2ccc(C=C)cc2)[C@H]2COC(C)(C)O2)cc1. The summed E-state index contributed by atoms with van der Waals surface area (Å²) in [7, 11) is 0. The van der Waals surface area contributed by atoms with Crippen LogP contribution in [0.1, 0.15) is 59.5 Å². The van der Waals surface area contributed by atoms with Gasteiger partial charge in [-0.2, -0.15) is 0 Å². The van der Waals surface area contributed by atoms with E-state index in [1.54, 1.807) is 88.4 Å². The molecule has 0 radical (unpaired) electrons. The quantitative estimate of drug-likeness (QED) is 0.424. The molecule has 2 aromatic carbocycles. The summed E-state index contributed by atoms with van der Waals surface area (Å²) in [5.41, 5.74) is 2.53. The van der Waals surface area contributed by atoms with E-state index in [0.29, 0.717) is 11.1 Å². The number of rotatable bonds is 9. The molecule has 2 aliphatic rings. The zero-order valence-corrected chi connectivity index (χ0v) is 22.2. The fourth-order valence-electron chi connectivity index (χ4n) is 4.45. The van der Waals surface area contributed by atoms with Crippen molar-refractivity contribution >= 4 is 24.1 Å². The number of ether oxygens (including phenoxy) is 6. The van der Waals surface area contributed by atoms with Crippen molar-refractivity contribution in [3.05, 3.63) is 83.9 Å². The lowest BCUT2D eigenvalue weighted by molar-refractivity contribution is -0.179. The Morgan fingerprint density at radius 2 is 1.42 bits per heavy atom. The first-order valence-electron chi connectivity index (χ1n) is 12.5. The molecule has 2 heterocycles. The van der Waals surface area contributed by atoms with Gasteiger partial charge in [-0.05, 0) is 63.1 Å². The number of hydrogen-bond donors (Lipinski definition) is 0. The smallest absolute Gasteiger partial charge is 0.338 e. The molecule has 2 saturated heterocycles. The first kappa shape index (κ1) is 27.7. The third-order valence-electron chi connectivity index (χ3n) is 6.33. The minimum atomic E-state index is -1.02. The number of carbonyl (C=O) groups excluding carboxylic acids is 2. The normalized spacial score (nSPS) is 24.4. The van der Waals surface area contributed by atoms with Gasteiger partial charge in [0.2, 0.25) is 0 Å². The molecule has 0 aliphatic carbocycles. The van der Waals surface area contributed by atoms with Crippen molar-refractivity contribution in [2.45, 2.75) is 63.7 Å². The fraction of sp³-hybridized carbons (Fsp3) is 0.400. The molecule has 8 heteroatoms. The van der Waals surface area contributed by atoms with Gasteiger partial charge in [0.15, 0.2) is 17.7 Å². The molecule has 4 atom stereocenters. The van der Waals surface area contributed by atoms with Gasteiger partial charge in [0, 0.05) is 0 Å². The van der Waals surface area contributed by atoms with Crippen molar-refractivity contribution in [3.63, 3.8) is 0 Å². The van der Waals surface area contributed by atoms with Crippen molar-refractivity contribution in [2.75, 3.05) is 13.2 Å². The van der Waals surface area contributed by atoms with Crippen LogP contribution in [0, 0.1) is 0 Å². The second-order valence-electron chi connectivity index (χ2n) is 10.1.